The molecule has 3 unspecified atom stereocenters. The van der Waals surface area contributed by atoms with Gasteiger partial charge in [0.15, 0.2) is 0 Å². The van der Waals surface area contributed by atoms with Gasteiger partial charge in [0.05, 0.1) is 30.8 Å². The summed E-state index contributed by atoms with van der Waals surface area (Å²) in [6.45, 7) is 15.9. The highest BCUT2D eigenvalue weighted by molar-refractivity contribution is 5.99. The van der Waals surface area contributed by atoms with Crippen molar-refractivity contribution in [3.63, 3.8) is 0 Å². The second-order valence-electron chi connectivity index (χ2n) is 12.4. The van der Waals surface area contributed by atoms with Crippen molar-refractivity contribution in [2.75, 3.05) is 19.8 Å². The zero-order chi connectivity index (χ0) is 28.5. The molecule has 4 rings (SSSR count). The summed E-state index contributed by atoms with van der Waals surface area (Å²) in [6, 6.07) is -1.41. The van der Waals surface area contributed by atoms with E-state index in [1.165, 1.54) is 0 Å². The van der Waals surface area contributed by atoms with Gasteiger partial charge in [-0.05, 0) is 44.4 Å². The highest BCUT2D eigenvalue weighted by atomic mass is 16.6. The molecule has 2 bridgehead atoms. The van der Waals surface area contributed by atoms with Crippen molar-refractivity contribution in [1.29, 1.82) is 0 Å². The molecule has 3 aliphatic heterocycles. The van der Waals surface area contributed by atoms with E-state index in [-0.39, 0.29) is 42.9 Å². The minimum Gasteiger partial charge on any atom is -0.465 e. The van der Waals surface area contributed by atoms with E-state index in [1.54, 1.807) is 17.1 Å². The Morgan fingerprint density at radius 3 is 2.54 bits per heavy atom. The Bertz CT molecular complexity index is 963. The third-order valence-corrected chi connectivity index (χ3v) is 10.3. The number of aliphatic hydroxyl groups is 1. The fourth-order valence-corrected chi connectivity index (χ4v) is 7.93. The van der Waals surface area contributed by atoms with E-state index in [1.807, 2.05) is 32.6 Å². The Labute approximate surface area is 233 Å². The molecule has 8 nitrogen and oxygen atoms in total. The van der Waals surface area contributed by atoms with E-state index in [9.17, 15) is 19.5 Å². The number of ether oxygens (including phenoxy) is 2. The molecule has 0 aromatic heterocycles. The number of amides is 2. The van der Waals surface area contributed by atoms with Crippen molar-refractivity contribution < 1.29 is 29.0 Å². The van der Waals surface area contributed by atoms with Gasteiger partial charge in [-0.25, -0.2) is 0 Å². The predicted molar refractivity (Wildman–Crippen MR) is 149 cm³/mol. The van der Waals surface area contributed by atoms with Crippen molar-refractivity contribution in [3.8, 4) is 0 Å². The monoisotopic (exact) mass is 544 g/mol. The van der Waals surface area contributed by atoms with Gasteiger partial charge < -0.3 is 24.4 Å². The molecule has 4 fully saturated rings. The molecule has 8 atom stereocenters. The third-order valence-electron chi connectivity index (χ3n) is 10.3. The zero-order valence-corrected chi connectivity index (χ0v) is 24.3. The van der Waals surface area contributed by atoms with Crippen LogP contribution < -0.4 is 0 Å². The number of rotatable bonds is 12. The normalized spacial score (nSPS) is 35.4. The van der Waals surface area contributed by atoms with E-state index in [0.29, 0.717) is 19.4 Å². The van der Waals surface area contributed by atoms with Gasteiger partial charge in [0.1, 0.15) is 17.6 Å². The fourth-order valence-electron chi connectivity index (χ4n) is 7.93. The standard InChI is InChI=1S/C31H48N2O6/c1-7-10-17-38-29(37)25-24-27(35)33(23(19-34)20(4)9-3)26(31(24)18-21(5)30(25,6)39-31)28(36)32(16-8-2)22-14-12-11-13-15-22/h7-8,20-26,34H,1-2,9-19H2,3-6H3/t20-,21?,23-,24-,25-,26?,30+,31?/m0/s1. The molecule has 3 heterocycles. The topological polar surface area (TPSA) is 96.4 Å². The second-order valence-corrected chi connectivity index (χ2v) is 12.4. The van der Waals surface area contributed by atoms with Crippen molar-refractivity contribution in [1.82, 2.24) is 9.80 Å². The smallest absolute Gasteiger partial charge is 0.312 e. The van der Waals surface area contributed by atoms with Gasteiger partial charge >= 0.3 is 5.97 Å². The van der Waals surface area contributed by atoms with Gasteiger partial charge in [0.2, 0.25) is 11.8 Å². The molecule has 1 saturated carbocycles. The second kappa shape index (κ2) is 11.7. The third kappa shape index (κ3) is 4.75. The van der Waals surface area contributed by atoms with Crippen molar-refractivity contribution in [2.45, 2.75) is 108 Å². The van der Waals surface area contributed by atoms with E-state index in [4.69, 9.17) is 9.47 Å². The van der Waals surface area contributed by atoms with E-state index >= 15 is 0 Å². The maximum Gasteiger partial charge on any atom is 0.312 e. The molecule has 39 heavy (non-hydrogen) atoms. The molecule has 0 radical (unpaired) electrons. The minimum absolute atomic E-state index is 0.0461. The van der Waals surface area contributed by atoms with Crippen LogP contribution in [0.15, 0.2) is 25.3 Å². The molecule has 1 N–H and O–H groups in total. The number of carbonyl (C=O) groups is 3. The summed E-state index contributed by atoms with van der Waals surface area (Å²) in [4.78, 5) is 46.3. The minimum atomic E-state index is -1.15. The van der Waals surface area contributed by atoms with Crippen LogP contribution in [0.4, 0.5) is 0 Å². The van der Waals surface area contributed by atoms with Gasteiger partial charge in [0, 0.05) is 12.6 Å². The van der Waals surface area contributed by atoms with Crippen molar-refractivity contribution >= 4 is 17.8 Å². The van der Waals surface area contributed by atoms with Crippen molar-refractivity contribution in [2.24, 2.45) is 23.7 Å². The first kappa shape index (κ1) is 29.8. The lowest BCUT2D eigenvalue weighted by atomic mass is 9.62. The number of nitrogens with zero attached hydrogens (tertiary/aromatic N) is 2. The largest absolute Gasteiger partial charge is 0.465 e. The average Bonchev–Trinajstić information content (AvgIpc) is 3.44. The van der Waals surface area contributed by atoms with E-state index in [2.05, 4.69) is 13.2 Å². The maximum atomic E-state index is 14.7. The van der Waals surface area contributed by atoms with Gasteiger partial charge in [-0.15, -0.1) is 13.2 Å². The van der Waals surface area contributed by atoms with Gasteiger partial charge in [-0.1, -0.05) is 58.6 Å². The van der Waals surface area contributed by atoms with Crippen LogP contribution >= 0.6 is 0 Å². The molecule has 4 aliphatic rings. The quantitative estimate of drug-likeness (QED) is 0.228. The Balaban J connectivity index is 1.82. The SMILES string of the molecule is C=CCCOC(=O)[C@@H]1[C@H]2C(=O)N([C@@H](CO)[C@@H](C)CC)C(C(=O)N(CC=C)C3CCCCC3)C23CC(C)[C@@]1(C)O3. The number of esters is 1. The summed E-state index contributed by atoms with van der Waals surface area (Å²) < 4.78 is 12.5. The number of carbonyl (C=O) groups excluding carboxylic acids is 3. The molecule has 1 spiro atoms. The summed E-state index contributed by atoms with van der Waals surface area (Å²) >= 11 is 0. The lowest BCUT2D eigenvalue weighted by molar-refractivity contribution is -0.165. The number of aliphatic hydroxyl groups excluding tert-OH is 1. The highest BCUT2D eigenvalue weighted by Gasteiger charge is 2.81. The van der Waals surface area contributed by atoms with E-state index < -0.39 is 41.1 Å². The van der Waals surface area contributed by atoms with Crippen LogP contribution in [0, 0.1) is 23.7 Å². The van der Waals surface area contributed by atoms with Crippen LogP contribution in [0.3, 0.4) is 0 Å². The molecule has 1 aliphatic carbocycles. The van der Waals surface area contributed by atoms with Gasteiger partial charge in [-0.3, -0.25) is 14.4 Å². The summed E-state index contributed by atoms with van der Waals surface area (Å²) in [5.41, 5.74) is -2.07. The molecule has 3 saturated heterocycles. The molecule has 2 amide bonds. The Kier molecular flexibility index (Phi) is 8.96. The fraction of sp³-hybridized carbons (Fsp3) is 0.774. The van der Waals surface area contributed by atoms with Crippen LogP contribution in [0.5, 0.6) is 0 Å². The number of hydrogen-bond donors (Lipinski definition) is 1. The Hall–Kier alpha value is -2.19. The van der Waals surface area contributed by atoms with Crippen molar-refractivity contribution in [3.05, 3.63) is 25.3 Å². The van der Waals surface area contributed by atoms with Crippen LogP contribution in [-0.4, -0.2) is 81.8 Å². The van der Waals surface area contributed by atoms with Crippen LogP contribution in [0.1, 0.15) is 79.1 Å². The molecule has 0 aromatic rings. The summed E-state index contributed by atoms with van der Waals surface area (Å²) in [5, 5.41) is 10.6. The first-order valence-corrected chi connectivity index (χ1v) is 14.9. The highest BCUT2D eigenvalue weighted by Crippen LogP contribution is 2.66. The molecular weight excluding hydrogens is 496 g/mol. The maximum absolute atomic E-state index is 14.7. The molecule has 8 heteroatoms. The van der Waals surface area contributed by atoms with Gasteiger partial charge in [0.25, 0.3) is 0 Å². The van der Waals surface area contributed by atoms with Crippen LogP contribution in [0.25, 0.3) is 0 Å². The zero-order valence-electron chi connectivity index (χ0n) is 24.3. The van der Waals surface area contributed by atoms with E-state index in [0.717, 1.165) is 38.5 Å². The predicted octanol–water partition coefficient (Wildman–Crippen LogP) is 3.87. The summed E-state index contributed by atoms with van der Waals surface area (Å²) in [6.07, 6.45) is 10.3. The lowest BCUT2D eigenvalue weighted by Gasteiger charge is -2.43. The van der Waals surface area contributed by atoms with Crippen LogP contribution in [-0.2, 0) is 23.9 Å². The number of fused-ring (bicyclic) bond motifs is 1. The summed E-state index contributed by atoms with van der Waals surface area (Å²) in [5.74, 6) is -2.66. The first-order valence-electron chi connectivity index (χ1n) is 14.9. The number of hydrogen-bond acceptors (Lipinski definition) is 6. The number of likely N-dealkylation sites (tertiary alicyclic amines) is 1. The Morgan fingerprint density at radius 2 is 1.95 bits per heavy atom. The first-order chi connectivity index (χ1) is 18.6. The molecular formula is C31H48N2O6. The molecule has 0 aromatic carbocycles. The van der Waals surface area contributed by atoms with Gasteiger partial charge in [-0.2, -0.15) is 0 Å². The lowest BCUT2D eigenvalue weighted by Crippen LogP contribution is -2.61. The average molecular weight is 545 g/mol. The van der Waals surface area contributed by atoms with Crippen LogP contribution in [0.2, 0.25) is 0 Å². The molecule has 218 valence electrons. The Morgan fingerprint density at radius 1 is 1.26 bits per heavy atom. The summed E-state index contributed by atoms with van der Waals surface area (Å²) in [7, 11) is 0.